The van der Waals surface area contributed by atoms with Gasteiger partial charge in [-0.2, -0.15) is 0 Å². The Hall–Kier alpha value is -2.30. The van der Waals surface area contributed by atoms with Crippen LogP contribution >= 0.6 is 0 Å². The average molecular weight is 369 g/mol. The molecule has 2 heterocycles. The monoisotopic (exact) mass is 368 g/mol. The smallest absolute Gasteiger partial charge is 0.213 e. The third kappa shape index (κ3) is 5.34. The summed E-state index contributed by atoms with van der Waals surface area (Å²) in [5, 5.41) is 3.40. The zero-order chi connectivity index (χ0) is 19.3. The molecule has 0 bridgehead atoms. The molecule has 1 aromatic carbocycles. The second-order valence-corrected chi connectivity index (χ2v) is 8.39. The molecule has 0 amide bonds. The summed E-state index contributed by atoms with van der Waals surface area (Å²) >= 11 is 0. The van der Waals surface area contributed by atoms with Gasteiger partial charge in [-0.05, 0) is 30.7 Å². The Balaban J connectivity index is 1.48. The summed E-state index contributed by atoms with van der Waals surface area (Å²) in [6, 6.07) is 10.8. The van der Waals surface area contributed by atoms with Crippen molar-refractivity contribution >= 4 is 5.96 Å². The fraction of sp³-hybridized carbons (Fsp3) is 0.545. The van der Waals surface area contributed by atoms with Gasteiger partial charge < -0.3 is 14.6 Å². The summed E-state index contributed by atoms with van der Waals surface area (Å²) in [6.07, 6.45) is 5.40. The maximum atomic E-state index is 5.87. The summed E-state index contributed by atoms with van der Waals surface area (Å²) in [6.45, 7) is 9.02. The van der Waals surface area contributed by atoms with Crippen molar-refractivity contribution in [1.82, 2.24) is 15.2 Å². The van der Waals surface area contributed by atoms with E-state index in [1.807, 2.05) is 13.2 Å². The summed E-state index contributed by atoms with van der Waals surface area (Å²) in [4.78, 5) is 11.2. The lowest BCUT2D eigenvalue weighted by Gasteiger charge is -2.34. The van der Waals surface area contributed by atoms with E-state index in [0.29, 0.717) is 12.4 Å². The molecule has 3 rings (SSSR count). The number of guanidine groups is 1. The first-order valence-corrected chi connectivity index (χ1v) is 9.90. The highest BCUT2D eigenvalue weighted by Crippen LogP contribution is 2.23. The van der Waals surface area contributed by atoms with Gasteiger partial charge in [-0.1, -0.05) is 51.1 Å². The van der Waals surface area contributed by atoms with Crippen molar-refractivity contribution in [2.24, 2.45) is 10.9 Å². The van der Waals surface area contributed by atoms with Crippen molar-refractivity contribution in [2.75, 3.05) is 20.1 Å². The van der Waals surface area contributed by atoms with Gasteiger partial charge in [0.15, 0.2) is 5.96 Å². The van der Waals surface area contributed by atoms with Crippen LogP contribution in [0.3, 0.4) is 0 Å². The molecule has 1 aliphatic rings. The minimum absolute atomic E-state index is 0.0203. The fourth-order valence-electron chi connectivity index (χ4n) is 3.52. The number of nitrogens with zero attached hydrogens (tertiary/aromatic N) is 3. The number of likely N-dealkylation sites (tertiary alicyclic amines) is 1. The summed E-state index contributed by atoms with van der Waals surface area (Å²) < 4.78 is 5.87. The predicted octanol–water partition coefficient (Wildman–Crippen LogP) is 4.00. The minimum atomic E-state index is -0.0203. The third-order valence-corrected chi connectivity index (χ3v) is 5.18. The predicted molar refractivity (Wildman–Crippen MR) is 110 cm³/mol. The number of rotatable bonds is 4. The van der Waals surface area contributed by atoms with Crippen LogP contribution < -0.4 is 5.32 Å². The van der Waals surface area contributed by atoms with Crippen LogP contribution in [0.2, 0.25) is 0 Å². The van der Waals surface area contributed by atoms with Crippen LogP contribution in [0.4, 0.5) is 0 Å². The SMILES string of the molecule is CN=C(NCc1ncc(C(C)(C)C)o1)N1CCC(Cc2ccccc2)CC1. The van der Waals surface area contributed by atoms with Crippen LogP contribution in [0.1, 0.15) is 50.8 Å². The molecule has 5 heteroatoms. The van der Waals surface area contributed by atoms with Gasteiger partial charge >= 0.3 is 0 Å². The van der Waals surface area contributed by atoms with Gasteiger partial charge in [0, 0.05) is 25.6 Å². The van der Waals surface area contributed by atoms with E-state index in [2.05, 4.69) is 71.3 Å². The first-order valence-electron chi connectivity index (χ1n) is 9.90. The first kappa shape index (κ1) is 19.5. The van der Waals surface area contributed by atoms with E-state index in [1.165, 1.54) is 24.8 Å². The number of benzene rings is 1. The van der Waals surface area contributed by atoms with Crippen LogP contribution in [0.25, 0.3) is 0 Å². The van der Waals surface area contributed by atoms with Crippen LogP contribution in [0.15, 0.2) is 45.9 Å². The zero-order valence-electron chi connectivity index (χ0n) is 17.0. The average Bonchev–Trinajstić information content (AvgIpc) is 3.14. The fourth-order valence-corrected chi connectivity index (χ4v) is 3.52. The highest BCUT2D eigenvalue weighted by molar-refractivity contribution is 5.79. The third-order valence-electron chi connectivity index (χ3n) is 5.18. The summed E-state index contributed by atoms with van der Waals surface area (Å²) in [5.74, 6) is 3.31. The van der Waals surface area contributed by atoms with Crippen molar-refractivity contribution in [1.29, 1.82) is 0 Å². The number of nitrogens with one attached hydrogen (secondary N) is 1. The van der Waals surface area contributed by atoms with Crippen molar-refractivity contribution < 1.29 is 4.42 Å². The molecular formula is C22H32N4O. The van der Waals surface area contributed by atoms with Gasteiger partial charge in [0.05, 0.1) is 12.7 Å². The molecule has 0 atom stereocenters. The van der Waals surface area contributed by atoms with E-state index in [0.717, 1.165) is 30.7 Å². The normalized spacial score (nSPS) is 16.6. The van der Waals surface area contributed by atoms with E-state index in [-0.39, 0.29) is 5.41 Å². The Bertz CT molecular complexity index is 737. The van der Waals surface area contributed by atoms with Crippen LogP contribution in [0.5, 0.6) is 0 Å². The quantitative estimate of drug-likeness (QED) is 0.655. The Morgan fingerprint density at radius 1 is 1.22 bits per heavy atom. The number of oxazole rings is 1. The van der Waals surface area contributed by atoms with Gasteiger partial charge in [-0.3, -0.25) is 4.99 Å². The molecule has 1 N–H and O–H groups in total. The van der Waals surface area contributed by atoms with Crippen molar-refractivity contribution in [3.8, 4) is 0 Å². The van der Waals surface area contributed by atoms with E-state index >= 15 is 0 Å². The minimum Gasteiger partial charge on any atom is -0.443 e. The summed E-state index contributed by atoms with van der Waals surface area (Å²) in [5.41, 5.74) is 1.42. The molecule has 0 saturated carbocycles. The second-order valence-electron chi connectivity index (χ2n) is 8.39. The van der Waals surface area contributed by atoms with E-state index in [1.54, 1.807) is 0 Å². The van der Waals surface area contributed by atoms with Gasteiger partial charge in [0.2, 0.25) is 5.89 Å². The van der Waals surface area contributed by atoms with E-state index in [4.69, 9.17) is 4.42 Å². The number of aliphatic imine (C=N–C) groups is 1. The van der Waals surface area contributed by atoms with Gasteiger partial charge in [-0.25, -0.2) is 4.98 Å². The molecule has 1 aromatic heterocycles. The van der Waals surface area contributed by atoms with Crippen LogP contribution in [0, 0.1) is 5.92 Å². The number of aromatic nitrogens is 1. The van der Waals surface area contributed by atoms with Gasteiger partial charge in [0.25, 0.3) is 0 Å². The topological polar surface area (TPSA) is 53.7 Å². The zero-order valence-corrected chi connectivity index (χ0v) is 17.0. The lowest BCUT2D eigenvalue weighted by Crippen LogP contribution is -2.45. The molecule has 0 radical (unpaired) electrons. The Labute approximate surface area is 162 Å². The largest absolute Gasteiger partial charge is 0.443 e. The highest BCUT2D eigenvalue weighted by atomic mass is 16.4. The molecule has 5 nitrogen and oxygen atoms in total. The molecule has 1 fully saturated rings. The second kappa shape index (κ2) is 8.59. The maximum absolute atomic E-state index is 5.87. The summed E-state index contributed by atoms with van der Waals surface area (Å²) in [7, 11) is 1.84. The molecule has 0 aliphatic carbocycles. The highest BCUT2D eigenvalue weighted by Gasteiger charge is 2.23. The Morgan fingerprint density at radius 3 is 2.52 bits per heavy atom. The molecule has 0 unspecified atom stereocenters. The Kier molecular flexibility index (Phi) is 6.19. The number of piperidine rings is 1. The lowest BCUT2D eigenvalue weighted by molar-refractivity contribution is 0.258. The molecule has 146 valence electrons. The van der Waals surface area contributed by atoms with Crippen molar-refractivity contribution in [3.05, 3.63) is 53.7 Å². The first-order chi connectivity index (χ1) is 13.0. The number of hydrogen-bond donors (Lipinski definition) is 1. The number of hydrogen-bond acceptors (Lipinski definition) is 3. The standard InChI is InChI=1S/C22H32N4O/c1-22(2,3)19-15-24-20(27-19)16-25-21(23-4)26-12-10-18(11-13-26)14-17-8-6-5-7-9-17/h5-9,15,18H,10-14,16H2,1-4H3,(H,23,25). The molecule has 1 saturated heterocycles. The van der Waals surface area contributed by atoms with Gasteiger partial charge in [-0.15, -0.1) is 0 Å². The maximum Gasteiger partial charge on any atom is 0.213 e. The Morgan fingerprint density at radius 2 is 1.93 bits per heavy atom. The molecule has 1 aliphatic heterocycles. The van der Waals surface area contributed by atoms with Crippen molar-refractivity contribution in [3.63, 3.8) is 0 Å². The lowest BCUT2D eigenvalue weighted by atomic mass is 9.90. The van der Waals surface area contributed by atoms with E-state index < -0.39 is 0 Å². The molecule has 0 spiro atoms. The molecule has 27 heavy (non-hydrogen) atoms. The van der Waals surface area contributed by atoms with E-state index in [9.17, 15) is 0 Å². The molecular weight excluding hydrogens is 336 g/mol. The molecule has 2 aromatic rings. The van der Waals surface area contributed by atoms with Gasteiger partial charge in [0.1, 0.15) is 5.76 Å². The van der Waals surface area contributed by atoms with Crippen LogP contribution in [-0.2, 0) is 18.4 Å². The van der Waals surface area contributed by atoms with Crippen LogP contribution in [-0.4, -0.2) is 36.0 Å². The van der Waals surface area contributed by atoms with Crippen molar-refractivity contribution in [2.45, 2.75) is 52.0 Å².